The standard InChI is InChI=1S/C16H20BrNO4/c17-13-4-1-12(2-5-13)3-6-14(19)18-11-16(15(20)21)7-9-22-10-8-16/h1-2,4-5H,3,6-11H2,(H,18,19)(H,20,21). The third kappa shape index (κ3) is 4.55. The molecule has 0 aromatic heterocycles. The van der Waals surface area contributed by atoms with E-state index in [1.807, 2.05) is 24.3 Å². The van der Waals surface area contributed by atoms with Crippen LogP contribution in [0.4, 0.5) is 0 Å². The molecule has 120 valence electrons. The second-order valence-electron chi connectivity index (χ2n) is 5.60. The monoisotopic (exact) mass is 369 g/mol. The Bertz CT molecular complexity index is 523. The van der Waals surface area contributed by atoms with Gasteiger partial charge in [-0.3, -0.25) is 9.59 Å². The molecule has 0 unspecified atom stereocenters. The van der Waals surface area contributed by atoms with Gasteiger partial charge in [-0.25, -0.2) is 0 Å². The first-order valence-electron chi connectivity index (χ1n) is 7.34. The molecule has 2 N–H and O–H groups in total. The summed E-state index contributed by atoms with van der Waals surface area (Å²) in [6.07, 6.45) is 1.88. The van der Waals surface area contributed by atoms with E-state index in [1.165, 1.54) is 0 Å². The van der Waals surface area contributed by atoms with Gasteiger partial charge in [0.1, 0.15) is 0 Å². The number of ether oxygens (including phenoxy) is 1. The number of hydrogen-bond donors (Lipinski definition) is 2. The minimum Gasteiger partial charge on any atom is -0.481 e. The Labute approximate surface area is 138 Å². The summed E-state index contributed by atoms with van der Waals surface area (Å²) in [5, 5.41) is 12.2. The molecule has 1 heterocycles. The van der Waals surface area contributed by atoms with Crippen molar-refractivity contribution in [3.8, 4) is 0 Å². The van der Waals surface area contributed by atoms with Gasteiger partial charge in [-0.05, 0) is 37.0 Å². The molecule has 1 aliphatic rings. The van der Waals surface area contributed by atoms with Crippen LogP contribution in [-0.2, 0) is 20.7 Å². The van der Waals surface area contributed by atoms with Gasteiger partial charge in [0.2, 0.25) is 5.91 Å². The molecule has 0 atom stereocenters. The normalized spacial score (nSPS) is 17.0. The van der Waals surface area contributed by atoms with Crippen molar-refractivity contribution in [2.75, 3.05) is 19.8 Å². The Morgan fingerprint density at radius 2 is 1.86 bits per heavy atom. The molecule has 1 aliphatic heterocycles. The number of carbonyl (C=O) groups excluding carboxylic acids is 1. The third-order valence-corrected chi connectivity index (χ3v) is 4.61. The molecule has 1 aromatic rings. The average Bonchev–Trinajstić information content (AvgIpc) is 2.53. The summed E-state index contributed by atoms with van der Waals surface area (Å²) in [6, 6.07) is 7.81. The lowest BCUT2D eigenvalue weighted by Gasteiger charge is -2.33. The Hall–Kier alpha value is -1.40. The highest BCUT2D eigenvalue weighted by Crippen LogP contribution is 2.30. The maximum absolute atomic E-state index is 11.9. The van der Waals surface area contributed by atoms with E-state index in [0.717, 1.165) is 10.0 Å². The SMILES string of the molecule is O=C(CCc1ccc(Br)cc1)NCC1(C(=O)O)CCOCC1. The van der Waals surface area contributed by atoms with Crippen LogP contribution in [0.2, 0.25) is 0 Å². The Morgan fingerprint density at radius 1 is 1.23 bits per heavy atom. The van der Waals surface area contributed by atoms with Gasteiger partial charge in [-0.15, -0.1) is 0 Å². The summed E-state index contributed by atoms with van der Waals surface area (Å²) in [4.78, 5) is 23.4. The minimum absolute atomic E-state index is 0.116. The quantitative estimate of drug-likeness (QED) is 0.806. The van der Waals surface area contributed by atoms with Crippen molar-refractivity contribution in [1.29, 1.82) is 0 Å². The van der Waals surface area contributed by atoms with E-state index >= 15 is 0 Å². The molecule has 6 heteroatoms. The van der Waals surface area contributed by atoms with E-state index in [9.17, 15) is 14.7 Å². The Kier molecular flexibility index (Phi) is 5.97. The molecule has 0 aliphatic carbocycles. The van der Waals surface area contributed by atoms with Crippen LogP contribution in [0, 0.1) is 5.41 Å². The van der Waals surface area contributed by atoms with Crippen molar-refractivity contribution in [3.05, 3.63) is 34.3 Å². The predicted octanol–water partition coefficient (Wildman–Crippen LogP) is 2.38. The molecule has 1 saturated heterocycles. The average molecular weight is 370 g/mol. The number of nitrogens with one attached hydrogen (secondary N) is 1. The topological polar surface area (TPSA) is 75.6 Å². The molecular formula is C16H20BrNO4. The number of carboxylic acid groups (broad SMARTS) is 1. The lowest BCUT2D eigenvalue weighted by molar-refractivity contribution is -0.154. The number of hydrogen-bond acceptors (Lipinski definition) is 3. The highest BCUT2D eigenvalue weighted by molar-refractivity contribution is 9.10. The van der Waals surface area contributed by atoms with Gasteiger partial charge >= 0.3 is 5.97 Å². The van der Waals surface area contributed by atoms with Crippen LogP contribution < -0.4 is 5.32 Å². The second kappa shape index (κ2) is 7.74. The van der Waals surface area contributed by atoms with Crippen LogP contribution in [-0.4, -0.2) is 36.7 Å². The van der Waals surface area contributed by atoms with Crippen LogP contribution in [0.3, 0.4) is 0 Å². The van der Waals surface area contributed by atoms with Crippen molar-refractivity contribution >= 4 is 27.8 Å². The van der Waals surface area contributed by atoms with Crippen LogP contribution in [0.1, 0.15) is 24.8 Å². The Morgan fingerprint density at radius 3 is 2.45 bits per heavy atom. The highest BCUT2D eigenvalue weighted by atomic mass is 79.9. The summed E-state index contributed by atoms with van der Waals surface area (Å²) in [5.41, 5.74) is 0.197. The molecule has 0 spiro atoms. The molecular weight excluding hydrogens is 350 g/mol. The first-order chi connectivity index (χ1) is 10.5. The zero-order valence-corrected chi connectivity index (χ0v) is 13.9. The van der Waals surface area contributed by atoms with Gasteiger partial charge in [0.25, 0.3) is 0 Å². The van der Waals surface area contributed by atoms with Crippen LogP contribution in [0.5, 0.6) is 0 Å². The van der Waals surface area contributed by atoms with Crippen molar-refractivity contribution in [1.82, 2.24) is 5.32 Å². The molecule has 1 fully saturated rings. The van der Waals surface area contributed by atoms with Crippen LogP contribution in [0.15, 0.2) is 28.7 Å². The van der Waals surface area contributed by atoms with E-state index < -0.39 is 11.4 Å². The number of benzene rings is 1. The van der Waals surface area contributed by atoms with Crippen molar-refractivity contribution in [2.45, 2.75) is 25.7 Å². The molecule has 1 aromatic carbocycles. The number of carbonyl (C=O) groups is 2. The van der Waals surface area contributed by atoms with Crippen LogP contribution >= 0.6 is 15.9 Å². The zero-order valence-electron chi connectivity index (χ0n) is 12.3. The fraction of sp³-hybridized carbons (Fsp3) is 0.500. The van der Waals surface area contributed by atoms with Gasteiger partial charge in [0.15, 0.2) is 0 Å². The summed E-state index contributed by atoms with van der Waals surface area (Å²) < 4.78 is 6.22. The summed E-state index contributed by atoms with van der Waals surface area (Å²) in [6.45, 7) is 1.03. The summed E-state index contributed by atoms with van der Waals surface area (Å²) >= 11 is 3.37. The summed E-state index contributed by atoms with van der Waals surface area (Å²) in [7, 11) is 0. The smallest absolute Gasteiger partial charge is 0.311 e. The molecule has 5 nitrogen and oxygen atoms in total. The molecule has 2 rings (SSSR count). The van der Waals surface area contributed by atoms with Gasteiger partial charge in [0.05, 0.1) is 5.41 Å². The van der Waals surface area contributed by atoms with E-state index in [-0.39, 0.29) is 12.5 Å². The van der Waals surface area contributed by atoms with E-state index in [0.29, 0.717) is 38.9 Å². The fourth-order valence-corrected chi connectivity index (χ4v) is 2.76. The van der Waals surface area contributed by atoms with Gasteiger partial charge in [-0.1, -0.05) is 28.1 Å². The lowest BCUT2D eigenvalue weighted by Crippen LogP contribution is -2.46. The largest absolute Gasteiger partial charge is 0.481 e. The number of halogens is 1. The van der Waals surface area contributed by atoms with Crippen molar-refractivity contribution < 1.29 is 19.4 Å². The minimum atomic E-state index is -0.883. The number of rotatable bonds is 6. The molecule has 0 bridgehead atoms. The van der Waals surface area contributed by atoms with Gasteiger partial charge in [0, 0.05) is 30.7 Å². The Balaban J connectivity index is 1.81. The lowest BCUT2D eigenvalue weighted by atomic mass is 9.80. The second-order valence-corrected chi connectivity index (χ2v) is 6.52. The third-order valence-electron chi connectivity index (χ3n) is 4.08. The van der Waals surface area contributed by atoms with Crippen molar-refractivity contribution in [3.63, 3.8) is 0 Å². The van der Waals surface area contributed by atoms with E-state index in [4.69, 9.17) is 4.74 Å². The van der Waals surface area contributed by atoms with Crippen LogP contribution in [0.25, 0.3) is 0 Å². The summed E-state index contributed by atoms with van der Waals surface area (Å²) in [5.74, 6) is -0.973. The highest BCUT2D eigenvalue weighted by Gasteiger charge is 2.40. The number of carboxylic acids is 1. The molecule has 0 radical (unpaired) electrons. The van der Waals surface area contributed by atoms with E-state index in [2.05, 4.69) is 21.2 Å². The maximum atomic E-state index is 11.9. The molecule has 22 heavy (non-hydrogen) atoms. The zero-order chi connectivity index (χ0) is 16.0. The number of aliphatic carboxylic acids is 1. The number of aryl methyl sites for hydroxylation is 1. The predicted molar refractivity (Wildman–Crippen MR) is 85.6 cm³/mol. The number of amides is 1. The first-order valence-corrected chi connectivity index (χ1v) is 8.13. The van der Waals surface area contributed by atoms with E-state index in [1.54, 1.807) is 0 Å². The maximum Gasteiger partial charge on any atom is 0.311 e. The fourth-order valence-electron chi connectivity index (χ4n) is 2.49. The molecule has 1 amide bonds. The first kappa shape index (κ1) is 17.0. The van der Waals surface area contributed by atoms with Gasteiger partial charge < -0.3 is 15.2 Å². The van der Waals surface area contributed by atoms with Crippen molar-refractivity contribution in [2.24, 2.45) is 5.41 Å². The molecule has 0 saturated carbocycles. The van der Waals surface area contributed by atoms with Gasteiger partial charge in [-0.2, -0.15) is 0 Å².